The van der Waals surface area contributed by atoms with Crippen molar-refractivity contribution in [1.29, 1.82) is 0 Å². The van der Waals surface area contributed by atoms with E-state index in [1.165, 1.54) is 18.2 Å². The number of para-hydroxylation sites is 2. The van der Waals surface area contributed by atoms with E-state index in [9.17, 15) is 19.7 Å². The van der Waals surface area contributed by atoms with Gasteiger partial charge in [-0.05, 0) is 24.3 Å². The van der Waals surface area contributed by atoms with Crippen molar-refractivity contribution in [3.05, 3.63) is 79.7 Å². The summed E-state index contributed by atoms with van der Waals surface area (Å²) in [5.41, 5.74) is 0.186. The monoisotopic (exact) mass is 387 g/mol. The smallest absolute Gasteiger partial charge is 0.292 e. The third-order valence-corrected chi connectivity index (χ3v) is 3.97. The summed E-state index contributed by atoms with van der Waals surface area (Å²) in [4.78, 5) is 34.7. The maximum Gasteiger partial charge on any atom is 0.292 e. The standard InChI is InChI=1S/C18H14ClN3O5/c19-11-5-6-16-12(9-11)15(23)10-17(27-16)18(24)21-8-7-20-13-3-1-2-4-14(13)22(25)26/h1-6,9-10,20H,7-8H2,(H,21,24). The number of hydrogen-bond acceptors (Lipinski definition) is 6. The van der Waals surface area contributed by atoms with Gasteiger partial charge in [0, 0.05) is 30.2 Å². The first-order valence-electron chi connectivity index (χ1n) is 7.94. The minimum absolute atomic E-state index is 0.0528. The molecule has 0 spiro atoms. The highest BCUT2D eigenvalue weighted by Gasteiger charge is 2.14. The van der Waals surface area contributed by atoms with Gasteiger partial charge >= 0.3 is 0 Å². The van der Waals surface area contributed by atoms with Gasteiger partial charge in [0.1, 0.15) is 11.3 Å². The van der Waals surface area contributed by atoms with Crippen molar-refractivity contribution in [3.63, 3.8) is 0 Å². The maximum absolute atomic E-state index is 12.2. The molecule has 0 bridgehead atoms. The van der Waals surface area contributed by atoms with Gasteiger partial charge in [-0.25, -0.2) is 0 Å². The van der Waals surface area contributed by atoms with Crippen LogP contribution < -0.4 is 16.1 Å². The number of nitro groups is 1. The molecule has 3 rings (SSSR count). The number of anilines is 1. The molecule has 3 aromatic rings. The molecule has 0 radical (unpaired) electrons. The molecule has 8 nitrogen and oxygen atoms in total. The number of halogens is 1. The van der Waals surface area contributed by atoms with Crippen LogP contribution in [0.4, 0.5) is 11.4 Å². The Balaban J connectivity index is 1.63. The van der Waals surface area contributed by atoms with Crippen LogP contribution in [0.3, 0.4) is 0 Å². The SMILES string of the molecule is O=C(NCCNc1ccccc1[N+](=O)[O-])c1cc(=O)c2cc(Cl)ccc2o1. The van der Waals surface area contributed by atoms with Crippen LogP contribution >= 0.6 is 11.6 Å². The Morgan fingerprint density at radius 3 is 2.70 bits per heavy atom. The van der Waals surface area contributed by atoms with Crippen molar-refractivity contribution in [2.45, 2.75) is 0 Å². The van der Waals surface area contributed by atoms with Gasteiger partial charge in [0.15, 0.2) is 11.2 Å². The van der Waals surface area contributed by atoms with Crippen molar-refractivity contribution in [1.82, 2.24) is 5.32 Å². The summed E-state index contributed by atoms with van der Waals surface area (Å²) in [6.07, 6.45) is 0. The fourth-order valence-electron chi connectivity index (χ4n) is 2.48. The van der Waals surface area contributed by atoms with Crippen molar-refractivity contribution in [3.8, 4) is 0 Å². The number of carbonyl (C=O) groups is 1. The molecule has 0 aliphatic rings. The summed E-state index contributed by atoms with van der Waals surface area (Å²) in [5, 5.41) is 17.1. The summed E-state index contributed by atoms with van der Waals surface area (Å²) in [7, 11) is 0. The van der Waals surface area contributed by atoms with Crippen molar-refractivity contribution < 1.29 is 14.1 Å². The quantitative estimate of drug-likeness (QED) is 0.381. The Morgan fingerprint density at radius 1 is 1.15 bits per heavy atom. The predicted molar refractivity (Wildman–Crippen MR) is 101 cm³/mol. The lowest BCUT2D eigenvalue weighted by molar-refractivity contribution is -0.384. The summed E-state index contributed by atoms with van der Waals surface area (Å²) in [6, 6.07) is 11.9. The van der Waals surface area contributed by atoms with Gasteiger partial charge in [0.2, 0.25) is 0 Å². The zero-order chi connectivity index (χ0) is 19.4. The first-order chi connectivity index (χ1) is 13.0. The number of amides is 1. The van der Waals surface area contributed by atoms with Crippen LogP contribution in [-0.4, -0.2) is 23.9 Å². The molecule has 0 saturated heterocycles. The number of benzene rings is 2. The first kappa shape index (κ1) is 18.4. The summed E-state index contributed by atoms with van der Waals surface area (Å²) >= 11 is 5.85. The molecule has 0 fully saturated rings. The van der Waals surface area contributed by atoms with E-state index in [0.717, 1.165) is 6.07 Å². The van der Waals surface area contributed by atoms with Gasteiger partial charge in [-0.15, -0.1) is 0 Å². The molecular formula is C18H14ClN3O5. The van der Waals surface area contributed by atoms with Gasteiger partial charge in [-0.1, -0.05) is 23.7 Å². The summed E-state index contributed by atoms with van der Waals surface area (Å²) < 4.78 is 5.44. The normalized spacial score (nSPS) is 10.6. The number of carbonyl (C=O) groups excluding carboxylic acids is 1. The zero-order valence-corrected chi connectivity index (χ0v) is 14.7. The van der Waals surface area contributed by atoms with Gasteiger partial charge in [0.25, 0.3) is 11.6 Å². The minimum atomic E-state index is -0.562. The molecule has 138 valence electrons. The van der Waals surface area contributed by atoms with Crippen LogP contribution in [0.1, 0.15) is 10.6 Å². The lowest BCUT2D eigenvalue weighted by atomic mass is 10.2. The molecular weight excluding hydrogens is 374 g/mol. The highest BCUT2D eigenvalue weighted by Crippen LogP contribution is 2.22. The Bertz CT molecular complexity index is 1080. The second-order valence-corrected chi connectivity index (χ2v) is 6.01. The molecule has 27 heavy (non-hydrogen) atoms. The third-order valence-electron chi connectivity index (χ3n) is 3.74. The summed E-state index contributed by atoms with van der Waals surface area (Å²) in [5.74, 6) is -0.686. The van der Waals surface area contributed by atoms with Crippen LogP contribution in [0.2, 0.25) is 5.02 Å². The van der Waals surface area contributed by atoms with E-state index in [1.54, 1.807) is 24.3 Å². The Morgan fingerprint density at radius 2 is 1.93 bits per heavy atom. The van der Waals surface area contributed by atoms with E-state index in [1.807, 2.05) is 0 Å². The van der Waals surface area contributed by atoms with Gasteiger partial charge < -0.3 is 15.1 Å². The molecule has 0 aliphatic heterocycles. The van der Waals surface area contributed by atoms with Crippen LogP contribution in [0.15, 0.2) is 57.7 Å². The molecule has 0 unspecified atom stereocenters. The highest BCUT2D eigenvalue weighted by molar-refractivity contribution is 6.31. The number of nitrogens with zero attached hydrogens (tertiary/aromatic N) is 1. The third kappa shape index (κ3) is 4.24. The van der Waals surface area contributed by atoms with Crippen LogP contribution in [0, 0.1) is 10.1 Å². The maximum atomic E-state index is 12.2. The second-order valence-electron chi connectivity index (χ2n) is 5.57. The van der Waals surface area contributed by atoms with E-state index in [0.29, 0.717) is 10.7 Å². The van der Waals surface area contributed by atoms with E-state index < -0.39 is 10.8 Å². The average molecular weight is 388 g/mol. The number of rotatable bonds is 6. The van der Waals surface area contributed by atoms with Crippen molar-refractivity contribution in [2.24, 2.45) is 0 Å². The fraction of sp³-hybridized carbons (Fsp3) is 0.111. The molecule has 1 heterocycles. The molecule has 1 amide bonds. The van der Waals surface area contributed by atoms with Gasteiger partial charge in [-0.3, -0.25) is 19.7 Å². The Kier molecular flexibility index (Phi) is 5.37. The number of hydrogen-bond donors (Lipinski definition) is 2. The largest absolute Gasteiger partial charge is 0.451 e. The van der Waals surface area contributed by atoms with Crippen molar-refractivity contribution >= 4 is 39.9 Å². The van der Waals surface area contributed by atoms with Gasteiger partial charge in [-0.2, -0.15) is 0 Å². The molecule has 2 N–H and O–H groups in total. The zero-order valence-electron chi connectivity index (χ0n) is 13.9. The fourth-order valence-corrected chi connectivity index (χ4v) is 2.66. The Labute approximate surface area is 157 Å². The van der Waals surface area contributed by atoms with E-state index >= 15 is 0 Å². The van der Waals surface area contributed by atoms with Crippen LogP contribution in [-0.2, 0) is 0 Å². The number of nitrogens with one attached hydrogen (secondary N) is 2. The molecule has 9 heteroatoms. The van der Waals surface area contributed by atoms with E-state index in [2.05, 4.69) is 10.6 Å². The number of nitro benzene ring substituents is 1. The summed E-state index contributed by atoms with van der Waals surface area (Å²) in [6.45, 7) is 0.428. The average Bonchev–Trinajstić information content (AvgIpc) is 2.65. The topological polar surface area (TPSA) is 114 Å². The van der Waals surface area contributed by atoms with E-state index in [4.69, 9.17) is 16.0 Å². The second kappa shape index (κ2) is 7.88. The highest BCUT2D eigenvalue weighted by atomic mass is 35.5. The van der Waals surface area contributed by atoms with Crippen molar-refractivity contribution in [2.75, 3.05) is 18.4 Å². The minimum Gasteiger partial charge on any atom is -0.451 e. The lowest BCUT2D eigenvalue weighted by Gasteiger charge is -2.08. The molecule has 1 aromatic heterocycles. The molecule has 0 atom stereocenters. The van der Waals surface area contributed by atoms with Crippen LogP contribution in [0.25, 0.3) is 11.0 Å². The van der Waals surface area contributed by atoms with E-state index in [-0.39, 0.29) is 40.9 Å². The molecule has 0 aliphatic carbocycles. The Hall–Kier alpha value is -3.39. The molecule has 0 saturated carbocycles. The predicted octanol–water partition coefficient (Wildman–Crippen LogP) is 3.20. The van der Waals surface area contributed by atoms with Gasteiger partial charge in [0.05, 0.1) is 10.3 Å². The molecule has 2 aromatic carbocycles. The number of fused-ring (bicyclic) bond motifs is 1. The van der Waals surface area contributed by atoms with Crippen LogP contribution in [0.5, 0.6) is 0 Å². The first-order valence-corrected chi connectivity index (χ1v) is 8.32. The lowest BCUT2D eigenvalue weighted by Crippen LogP contribution is -2.29.